The van der Waals surface area contributed by atoms with Crippen LogP contribution in [-0.2, 0) is 46.4 Å². The van der Waals surface area contributed by atoms with Gasteiger partial charge in [0.05, 0.1) is 74.2 Å². The first kappa shape index (κ1) is 99.1. The number of ether oxygens (including phenoxy) is 6. The number of carbonyl (C=O) groups excluding carboxylic acids is 2. The number of nitrogen functional groups attached to an aromatic ring is 1. The Morgan fingerprint density at radius 3 is 1.19 bits per heavy atom. The summed E-state index contributed by atoms with van der Waals surface area (Å²) in [5.41, 5.74) is 15.5. The van der Waals surface area contributed by atoms with E-state index >= 15 is 0 Å². The van der Waals surface area contributed by atoms with Gasteiger partial charge in [0.2, 0.25) is 34.8 Å². The number of halogens is 6. The van der Waals surface area contributed by atoms with E-state index in [1.807, 2.05) is 176 Å². The molecule has 0 aliphatic rings. The Bertz CT molecular complexity index is 7770. The number of methoxy groups -OCH3 is 4. The fourth-order valence-electron chi connectivity index (χ4n) is 14.7. The smallest absolute Gasteiger partial charge is 0.339 e. The Hall–Kier alpha value is -14.9. The summed E-state index contributed by atoms with van der Waals surface area (Å²) in [7, 11) is 1.33. The molecule has 0 saturated heterocycles. The van der Waals surface area contributed by atoms with Gasteiger partial charge in [0.25, 0.3) is 11.1 Å². The number of pyridine rings is 2. The van der Waals surface area contributed by atoms with Crippen molar-refractivity contribution in [2.75, 3.05) is 52.7 Å². The van der Waals surface area contributed by atoms with Crippen molar-refractivity contribution in [2.45, 2.75) is 50.7 Å². The zero-order valence-electron chi connectivity index (χ0n) is 75.3. The average Bonchev–Trinajstić information content (AvgIpc) is 0.765. The summed E-state index contributed by atoms with van der Waals surface area (Å²) in [6, 6.07) is 106. The van der Waals surface area contributed by atoms with E-state index in [1.54, 1.807) is 105 Å². The number of rotatable bonds is 26. The third-order valence-corrected chi connectivity index (χ3v) is 26.5. The van der Waals surface area contributed by atoms with Crippen LogP contribution in [0, 0.1) is 29.1 Å². The maximum atomic E-state index is 14.0. The van der Waals surface area contributed by atoms with Gasteiger partial charge in [-0.3, -0.25) is 18.7 Å². The summed E-state index contributed by atoms with van der Waals surface area (Å²) in [6.45, 7) is 4.29. The van der Waals surface area contributed by atoms with Crippen LogP contribution in [0.4, 0.5) is 39.0 Å². The Morgan fingerprint density at radius 1 is 0.377 bits per heavy atom. The van der Waals surface area contributed by atoms with Crippen molar-refractivity contribution in [1.29, 1.82) is 0 Å². The number of esters is 2. The number of hydrogen-bond donors (Lipinski definition) is 2. The van der Waals surface area contributed by atoms with Gasteiger partial charge in [-0.25, -0.2) is 22.8 Å². The Labute approximate surface area is 814 Å². The lowest BCUT2D eigenvalue weighted by molar-refractivity contribution is -0.138. The molecule has 0 aliphatic carbocycles. The van der Waals surface area contributed by atoms with Crippen molar-refractivity contribution >= 4 is 167 Å². The molecule has 0 spiro atoms. The van der Waals surface area contributed by atoms with Crippen molar-refractivity contribution in [1.82, 2.24) is 9.13 Å². The number of aromatic nitrogens is 2. The van der Waals surface area contributed by atoms with Crippen LogP contribution in [0.3, 0.4) is 0 Å². The second-order valence-electron chi connectivity index (χ2n) is 30.5. The molecule has 0 unspecified atom stereocenters. The molecule has 18 rings (SSSR count). The fraction of sp³-hybridized carbons (Fsp3) is 0.0991. The molecule has 2 heterocycles. The van der Waals surface area contributed by atoms with Gasteiger partial charge < -0.3 is 43.7 Å². The van der Waals surface area contributed by atoms with Crippen molar-refractivity contribution in [3.8, 4) is 40.1 Å². The topological polar surface area (TPSA) is 215 Å². The van der Waals surface area contributed by atoms with Crippen molar-refractivity contribution in [2.24, 2.45) is 0 Å². The van der Waals surface area contributed by atoms with Gasteiger partial charge in [0.15, 0.2) is 0 Å². The van der Waals surface area contributed by atoms with Crippen LogP contribution in [0.15, 0.2) is 379 Å². The quantitative estimate of drug-likeness (QED) is 0.00753. The van der Waals surface area contributed by atoms with Gasteiger partial charge in [0, 0.05) is 73.0 Å². The van der Waals surface area contributed by atoms with E-state index in [2.05, 4.69) is 135 Å². The highest BCUT2D eigenvalue weighted by molar-refractivity contribution is 9.10. The highest BCUT2D eigenvalue weighted by Crippen LogP contribution is 2.40. The number of nitrogens with one attached hydrogen (secondary N) is 1. The SMILES string of the molecule is CCOC(=O)/C=C/c1cc(SCc2ccccc2)ccc1N.CCOC(=O)/C=C/c1cc(SCc2ccccc2)ccc1Nc1cc2ccccc2cc1OC.COc1cc2ccccc2cc1-n1c(=O)ccc2cc(S(=O)(=O)Oc3c(F)c(F)c(F)c(F)c3F)ccc21.COc1cc2ccccc2cc1-n1c(=O)ccc2cc(SCc3ccccc3)ccc21.COc1cc2ccccc2cc1Br. The molecule has 0 radical (unpaired) electrons. The summed E-state index contributed by atoms with van der Waals surface area (Å²) >= 11 is 8.73. The monoisotopic (exact) mass is 1990 g/mol. The molecule has 17 nitrogen and oxygen atoms in total. The van der Waals surface area contributed by atoms with Crippen molar-refractivity contribution < 1.29 is 72.6 Å². The van der Waals surface area contributed by atoms with Gasteiger partial charge in [0.1, 0.15) is 27.9 Å². The second-order valence-corrected chi connectivity index (χ2v) is 36.1. The van der Waals surface area contributed by atoms with Crippen LogP contribution in [0.25, 0.3) is 88.4 Å². The largest absolute Gasteiger partial charge is 0.496 e. The Kier molecular flexibility index (Phi) is 33.8. The van der Waals surface area contributed by atoms with Crippen molar-refractivity contribution in [3.63, 3.8) is 0 Å². The molecule has 2 aromatic heterocycles. The van der Waals surface area contributed by atoms with Crippen LogP contribution >= 0.6 is 51.2 Å². The molecule has 698 valence electrons. The molecule has 0 amide bonds. The third-order valence-electron chi connectivity index (χ3n) is 21.5. The van der Waals surface area contributed by atoms with E-state index in [-0.39, 0.29) is 28.4 Å². The van der Waals surface area contributed by atoms with Crippen LogP contribution in [0.2, 0.25) is 0 Å². The zero-order chi connectivity index (χ0) is 97.4. The minimum atomic E-state index is -5.07. The highest BCUT2D eigenvalue weighted by Gasteiger charge is 2.32. The van der Waals surface area contributed by atoms with Crippen LogP contribution in [-0.4, -0.2) is 71.1 Å². The van der Waals surface area contributed by atoms with Crippen LogP contribution < -0.4 is 45.3 Å². The summed E-state index contributed by atoms with van der Waals surface area (Å²) in [5.74, 6) is -9.43. The van der Waals surface area contributed by atoms with Crippen LogP contribution in [0.1, 0.15) is 41.7 Å². The van der Waals surface area contributed by atoms with E-state index < -0.39 is 55.4 Å². The zero-order valence-corrected chi connectivity index (χ0v) is 80.1. The van der Waals surface area contributed by atoms with Gasteiger partial charge >= 0.3 is 22.1 Å². The first-order valence-electron chi connectivity index (χ1n) is 43.1. The third kappa shape index (κ3) is 24.9. The predicted molar refractivity (Wildman–Crippen MR) is 550 cm³/mol. The number of fused-ring (bicyclic) bond motifs is 6. The summed E-state index contributed by atoms with van der Waals surface area (Å²) in [5, 5.41) is 13.1. The molecule has 0 bridgehead atoms. The summed E-state index contributed by atoms with van der Waals surface area (Å²) in [4.78, 5) is 51.9. The molecule has 0 saturated carbocycles. The highest BCUT2D eigenvalue weighted by atomic mass is 79.9. The van der Waals surface area contributed by atoms with E-state index in [4.69, 9.17) is 34.2 Å². The molecule has 27 heteroatoms. The summed E-state index contributed by atoms with van der Waals surface area (Å²) in [6.07, 6.45) is 6.36. The number of carbonyl (C=O) groups is 2. The van der Waals surface area contributed by atoms with E-state index in [0.29, 0.717) is 36.1 Å². The van der Waals surface area contributed by atoms with E-state index in [1.165, 1.54) is 68.3 Å². The molecular weight excluding hydrogens is 1900 g/mol. The number of anilines is 3. The standard InChI is InChI=1S/C29H27NO3S.C27H21NO2S.C26H14F5NO5S.C18H19NO2S.C11H9BrO/c1-3-33-29(31)16-13-24-17-25(34-20-21-9-5-4-6-10-21)14-15-26(24)30-27-18-22-11-7-8-12-23(22)19-28(27)32-2;1-30-26-17-21-10-6-5-9-20(21)16-25(26)28-24-13-12-23(15-22(24)11-14-27(28)29)31-18-19-7-3-2-4-8-19;1-36-19-12-14-5-3-2-4-13(14)11-18(19)32-17-8-7-16(10-15(17)6-9-20(32)33)38(34,35)37-26-24(30)22(28)21(27)23(29)25(26)31;1-2-21-18(20)11-8-15-12-16(9-10-17(15)19)22-13-14-6-4-3-5-7-14;1-13-11-7-9-5-3-2-4-8(9)6-10(11)12/h4-19,30H,3,20H2,1-2H3;2-17H,18H2,1H3;2-12H,1H3;3-12H,2,13,19H2,1H3;2-7H,1H3/b16-13+;;;11-8+;. The molecule has 0 atom stereocenters. The number of benzene rings is 16. The van der Waals surface area contributed by atoms with Crippen LogP contribution in [0.5, 0.6) is 28.7 Å². The Balaban J connectivity index is 0.000000142. The fourth-order valence-corrected chi connectivity index (χ4v) is 18.9. The number of thioether (sulfide) groups is 3. The minimum absolute atomic E-state index is 0.0780. The first-order valence-corrected chi connectivity index (χ1v) is 48.3. The maximum Gasteiger partial charge on any atom is 0.339 e. The molecule has 138 heavy (non-hydrogen) atoms. The molecule has 18 aromatic rings. The lowest BCUT2D eigenvalue weighted by Gasteiger charge is -2.16. The predicted octanol–water partition coefficient (Wildman–Crippen LogP) is 27.3. The molecule has 3 N–H and O–H groups in total. The number of nitrogens with two attached hydrogens (primary N) is 1. The van der Waals surface area contributed by atoms with Gasteiger partial charge in [-0.15, -0.1) is 35.3 Å². The van der Waals surface area contributed by atoms with Gasteiger partial charge in [-0.2, -0.15) is 17.2 Å². The molecule has 16 aromatic carbocycles. The lowest BCUT2D eigenvalue weighted by Crippen LogP contribution is -2.19. The van der Waals surface area contributed by atoms with Gasteiger partial charge in [-0.1, -0.05) is 188 Å². The second kappa shape index (κ2) is 47.1. The molecule has 0 aliphatic heterocycles. The molecular formula is C111H90BrF5N4O13S4. The number of nitrogens with zero attached hydrogens (tertiary/aromatic N) is 2. The van der Waals surface area contributed by atoms with Gasteiger partial charge in [-0.05, 0) is 252 Å². The Morgan fingerprint density at radius 2 is 0.739 bits per heavy atom. The summed E-state index contributed by atoms with van der Waals surface area (Å²) < 4.78 is 134. The van der Waals surface area contributed by atoms with E-state index in [0.717, 1.165) is 133 Å². The van der Waals surface area contributed by atoms with E-state index in [9.17, 15) is 49.5 Å². The number of hydrogen-bond acceptors (Lipinski definition) is 18. The molecule has 0 fully saturated rings. The minimum Gasteiger partial charge on any atom is -0.496 e. The maximum absolute atomic E-state index is 14.0. The lowest BCUT2D eigenvalue weighted by atomic mass is 10.1. The van der Waals surface area contributed by atoms with Crippen molar-refractivity contribution in [3.05, 3.63) is 428 Å². The normalized spacial score (nSPS) is 11.1. The average molecular weight is 1990 g/mol. The first-order chi connectivity index (χ1) is 66.9.